The van der Waals surface area contributed by atoms with Crippen molar-refractivity contribution in [2.45, 2.75) is 6.92 Å². The van der Waals surface area contributed by atoms with Crippen molar-refractivity contribution in [1.29, 1.82) is 0 Å². The Bertz CT molecular complexity index is 1160. The van der Waals surface area contributed by atoms with Gasteiger partial charge in [-0.05, 0) is 54.5 Å². The number of fused-ring (bicyclic) bond motifs is 1. The molecule has 5 heteroatoms. The molecule has 4 aromatic rings. The first-order chi connectivity index (χ1) is 14.1. The zero-order chi connectivity index (χ0) is 20.2. The first-order valence-electron chi connectivity index (χ1n) is 9.30. The Morgan fingerprint density at radius 1 is 1.10 bits per heavy atom. The maximum atomic E-state index is 12.4. The number of nitrogens with one attached hydrogen (secondary N) is 1. The summed E-state index contributed by atoms with van der Waals surface area (Å²) >= 11 is 0. The molecule has 0 aliphatic heterocycles. The van der Waals surface area contributed by atoms with E-state index in [1.165, 1.54) is 6.08 Å². The molecule has 144 valence electrons. The molecule has 2 heterocycles. The fourth-order valence-corrected chi connectivity index (χ4v) is 3.05. The molecule has 0 saturated carbocycles. The highest BCUT2D eigenvalue weighted by Crippen LogP contribution is 2.25. The first-order valence-corrected chi connectivity index (χ1v) is 9.30. The third-order valence-electron chi connectivity index (χ3n) is 4.70. The fraction of sp³-hybridized carbons (Fsp3) is 0.0833. The predicted molar refractivity (Wildman–Crippen MR) is 116 cm³/mol. The number of amides is 1. The van der Waals surface area contributed by atoms with Gasteiger partial charge < -0.3 is 14.5 Å². The van der Waals surface area contributed by atoms with Gasteiger partial charge in [0.25, 0.3) is 0 Å². The van der Waals surface area contributed by atoms with E-state index in [0.717, 1.165) is 39.5 Å². The SMILES string of the molecule is COc1ccc(/C=C/C(=O)Nc2cc(-c3cn4ccccc4n3)ccc2C)cc1. The Kier molecular flexibility index (Phi) is 5.12. The molecule has 2 aromatic carbocycles. The van der Waals surface area contributed by atoms with Crippen molar-refractivity contribution in [2.24, 2.45) is 0 Å². The smallest absolute Gasteiger partial charge is 0.248 e. The van der Waals surface area contributed by atoms with Gasteiger partial charge in [-0.15, -0.1) is 0 Å². The van der Waals surface area contributed by atoms with Crippen molar-refractivity contribution in [3.8, 4) is 17.0 Å². The van der Waals surface area contributed by atoms with E-state index in [4.69, 9.17) is 4.74 Å². The minimum Gasteiger partial charge on any atom is -0.497 e. The van der Waals surface area contributed by atoms with Crippen LogP contribution in [-0.2, 0) is 4.79 Å². The number of carbonyl (C=O) groups excluding carboxylic acids is 1. The summed E-state index contributed by atoms with van der Waals surface area (Å²) in [4.78, 5) is 17.1. The van der Waals surface area contributed by atoms with Gasteiger partial charge in [0.1, 0.15) is 11.4 Å². The molecule has 0 fully saturated rings. The molecule has 5 nitrogen and oxygen atoms in total. The highest BCUT2D eigenvalue weighted by atomic mass is 16.5. The van der Waals surface area contributed by atoms with Crippen LogP contribution in [0.15, 0.2) is 79.1 Å². The van der Waals surface area contributed by atoms with Gasteiger partial charge in [0.15, 0.2) is 0 Å². The van der Waals surface area contributed by atoms with E-state index in [0.29, 0.717) is 0 Å². The second kappa shape index (κ2) is 8.02. The number of ether oxygens (including phenoxy) is 1. The lowest BCUT2D eigenvalue weighted by Crippen LogP contribution is -2.09. The van der Waals surface area contributed by atoms with E-state index in [1.807, 2.05) is 84.4 Å². The van der Waals surface area contributed by atoms with E-state index < -0.39 is 0 Å². The van der Waals surface area contributed by atoms with E-state index in [2.05, 4.69) is 10.3 Å². The number of carbonyl (C=O) groups is 1. The third kappa shape index (κ3) is 4.19. The standard InChI is InChI=1S/C24H21N3O2/c1-17-6-10-19(22-16-27-14-4-3-5-23(27)25-22)15-21(17)26-24(28)13-9-18-7-11-20(29-2)12-8-18/h3-16H,1-2H3,(H,26,28)/b13-9+. The van der Waals surface area contributed by atoms with Crippen LogP contribution in [-0.4, -0.2) is 22.4 Å². The minimum atomic E-state index is -0.184. The van der Waals surface area contributed by atoms with Crippen LogP contribution in [0.5, 0.6) is 5.75 Å². The topological polar surface area (TPSA) is 55.6 Å². The highest BCUT2D eigenvalue weighted by Gasteiger charge is 2.08. The number of benzene rings is 2. The molecule has 29 heavy (non-hydrogen) atoms. The fourth-order valence-electron chi connectivity index (χ4n) is 3.05. The number of hydrogen-bond donors (Lipinski definition) is 1. The van der Waals surface area contributed by atoms with Crippen LogP contribution in [0.25, 0.3) is 23.0 Å². The van der Waals surface area contributed by atoms with Crippen molar-refractivity contribution in [2.75, 3.05) is 12.4 Å². The second-order valence-electron chi connectivity index (χ2n) is 6.72. The Morgan fingerprint density at radius 2 is 1.93 bits per heavy atom. The second-order valence-corrected chi connectivity index (χ2v) is 6.72. The van der Waals surface area contributed by atoms with Crippen LogP contribution < -0.4 is 10.1 Å². The van der Waals surface area contributed by atoms with E-state index >= 15 is 0 Å². The molecule has 0 spiro atoms. The number of imidazole rings is 1. The van der Waals surface area contributed by atoms with Crippen LogP contribution in [0.1, 0.15) is 11.1 Å². The van der Waals surface area contributed by atoms with Crippen LogP contribution in [0.4, 0.5) is 5.69 Å². The summed E-state index contributed by atoms with van der Waals surface area (Å²) in [6.45, 7) is 1.97. The molecule has 0 unspecified atom stereocenters. The van der Waals surface area contributed by atoms with E-state index in [1.54, 1.807) is 13.2 Å². The third-order valence-corrected chi connectivity index (χ3v) is 4.70. The molecular formula is C24H21N3O2. The van der Waals surface area contributed by atoms with Crippen LogP contribution in [0.3, 0.4) is 0 Å². The zero-order valence-corrected chi connectivity index (χ0v) is 16.3. The molecule has 1 amide bonds. The molecule has 1 N–H and O–H groups in total. The van der Waals surface area contributed by atoms with Gasteiger partial charge >= 0.3 is 0 Å². The highest BCUT2D eigenvalue weighted by molar-refractivity contribution is 6.02. The molecule has 4 rings (SSSR count). The first kappa shape index (κ1) is 18.5. The molecule has 0 aliphatic rings. The number of anilines is 1. The van der Waals surface area contributed by atoms with E-state index in [9.17, 15) is 4.79 Å². The van der Waals surface area contributed by atoms with Gasteiger partial charge in [0.2, 0.25) is 5.91 Å². The van der Waals surface area contributed by atoms with Crippen molar-refractivity contribution in [3.05, 3.63) is 90.3 Å². The van der Waals surface area contributed by atoms with Crippen LogP contribution in [0, 0.1) is 6.92 Å². The quantitative estimate of drug-likeness (QED) is 0.495. The molecule has 0 saturated heterocycles. The average Bonchev–Trinajstić information content (AvgIpc) is 3.18. The molecule has 0 atom stereocenters. The molecular weight excluding hydrogens is 362 g/mol. The molecule has 0 radical (unpaired) electrons. The normalized spacial score (nSPS) is 11.1. The van der Waals surface area contributed by atoms with Crippen LogP contribution >= 0.6 is 0 Å². The average molecular weight is 383 g/mol. The van der Waals surface area contributed by atoms with E-state index in [-0.39, 0.29) is 5.91 Å². The predicted octanol–water partition coefficient (Wildman–Crippen LogP) is 4.97. The lowest BCUT2D eigenvalue weighted by Gasteiger charge is -2.08. The summed E-state index contributed by atoms with van der Waals surface area (Å²) in [5.74, 6) is 0.599. The van der Waals surface area contributed by atoms with Gasteiger partial charge in [-0.2, -0.15) is 0 Å². The number of aryl methyl sites for hydroxylation is 1. The number of rotatable bonds is 5. The summed E-state index contributed by atoms with van der Waals surface area (Å²) in [7, 11) is 1.63. The largest absolute Gasteiger partial charge is 0.497 e. The Balaban J connectivity index is 1.52. The number of pyridine rings is 1. The lowest BCUT2D eigenvalue weighted by molar-refractivity contribution is -0.111. The maximum absolute atomic E-state index is 12.4. The molecule has 0 bridgehead atoms. The number of methoxy groups -OCH3 is 1. The number of hydrogen-bond acceptors (Lipinski definition) is 3. The van der Waals surface area contributed by atoms with Crippen molar-refractivity contribution < 1.29 is 9.53 Å². The Hall–Kier alpha value is -3.86. The van der Waals surface area contributed by atoms with Gasteiger partial charge in [-0.25, -0.2) is 4.98 Å². The summed E-state index contributed by atoms with van der Waals surface area (Å²) in [6, 6.07) is 19.4. The zero-order valence-electron chi connectivity index (χ0n) is 16.3. The summed E-state index contributed by atoms with van der Waals surface area (Å²) in [6.07, 6.45) is 7.25. The summed E-state index contributed by atoms with van der Waals surface area (Å²) in [5.41, 5.74) is 5.38. The molecule has 2 aromatic heterocycles. The maximum Gasteiger partial charge on any atom is 0.248 e. The Labute approximate surface area is 169 Å². The van der Waals surface area contributed by atoms with Crippen molar-refractivity contribution in [1.82, 2.24) is 9.38 Å². The lowest BCUT2D eigenvalue weighted by atomic mass is 10.1. The number of aromatic nitrogens is 2. The Morgan fingerprint density at radius 3 is 2.69 bits per heavy atom. The van der Waals surface area contributed by atoms with Crippen molar-refractivity contribution >= 4 is 23.3 Å². The molecule has 0 aliphatic carbocycles. The van der Waals surface area contributed by atoms with Gasteiger partial charge in [-0.1, -0.05) is 30.3 Å². The summed E-state index contributed by atoms with van der Waals surface area (Å²) < 4.78 is 7.12. The van der Waals surface area contributed by atoms with Crippen molar-refractivity contribution in [3.63, 3.8) is 0 Å². The minimum absolute atomic E-state index is 0.184. The van der Waals surface area contributed by atoms with Gasteiger partial charge in [-0.3, -0.25) is 4.79 Å². The monoisotopic (exact) mass is 383 g/mol. The van der Waals surface area contributed by atoms with Gasteiger partial charge in [0, 0.05) is 29.7 Å². The van der Waals surface area contributed by atoms with Gasteiger partial charge in [0.05, 0.1) is 12.8 Å². The number of nitrogens with zero attached hydrogens (tertiary/aromatic N) is 2. The van der Waals surface area contributed by atoms with Crippen LogP contribution in [0.2, 0.25) is 0 Å². The summed E-state index contributed by atoms with van der Waals surface area (Å²) in [5, 5.41) is 2.96.